The Labute approximate surface area is 109 Å². The molecule has 0 fully saturated rings. The first kappa shape index (κ1) is 58.7. The molecule has 104 valence electrons. The molecule has 0 amide bonds. The molecular weight excluding hydrogens is 365 g/mol. The number of nitrogens with zero attached hydrogens (tertiary/aromatic N) is 3. The van der Waals surface area contributed by atoms with E-state index in [1.54, 1.807) is 0 Å². The summed E-state index contributed by atoms with van der Waals surface area (Å²) >= 11 is 0. The molecular formula is H8InN3O13. The summed E-state index contributed by atoms with van der Waals surface area (Å²) in [6.07, 6.45) is 0. The molecule has 0 aromatic carbocycles. The van der Waals surface area contributed by atoms with E-state index in [1.165, 1.54) is 0 Å². The number of hydrogen-bond donors (Lipinski definition) is 0. The Balaban J connectivity index is -0.0000000104. The van der Waals surface area contributed by atoms with E-state index >= 15 is 0 Å². The Morgan fingerprint density at radius 2 is 0.471 bits per heavy atom. The van der Waals surface area contributed by atoms with Crippen molar-refractivity contribution in [1.29, 1.82) is 0 Å². The van der Waals surface area contributed by atoms with Gasteiger partial charge in [0, 0.05) is 0 Å². The van der Waals surface area contributed by atoms with Crippen LogP contribution in [0.3, 0.4) is 0 Å². The van der Waals surface area contributed by atoms with Gasteiger partial charge in [0.25, 0.3) is 0 Å². The second-order valence-corrected chi connectivity index (χ2v) is 0.671. The molecule has 8 N–H and O–H groups in total. The van der Waals surface area contributed by atoms with Crippen molar-refractivity contribution in [3.05, 3.63) is 46.0 Å². The fourth-order valence-corrected chi connectivity index (χ4v) is 0. The number of rotatable bonds is 0. The third kappa shape index (κ3) is 759. The van der Waals surface area contributed by atoms with E-state index in [2.05, 4.69) is 0 Å². The van der Waals surface area contributed by atoms with E-state index in [0.29, 0.717) is 0 Å². The van der Waals surface area contributed by atoms with Gasteiger partial charge in [0.2, 0.25) is 0 Å². The fraction of sp³-hybridized carbons (Fsp3) is 0. The van der Waals surface area contributed by atoms with Crippen molar-refractivity contribution >= 4 is 25.8 Å². The summed E-state index contributed by atoms with van der Waals surface area (Å²) in [6, 6.07) is 0. The Kier molecular flexibility index (Phi) is 164. The molecule has 0 aromatic rings. The standard InChI is InChI=1S/In.3NO3.4H2O/c;3*2-1(3)4;;;;/h;;;;4*1H2/q+3;3*-1;;;;. The van der Waals surface area contributed by atoms with Gasteiger partial charge in [-0.3, -0.25) is 0 Å². The van der Waals surface area contributed by atoms with Gasteiger partial charge in [0.15, 0.2) is 0 Å². The van der Waals surface area contributed by atoms with Gasteiger partial charge in [-0.05, 0) is 0 Å². The van der Waals surface area contributed by atoms with Gasteiger partial charge in [-0.1, -0.05) is 0 Å². The molecule has 0 radical (unpaired) electrons. The molecule has 0 atom stereocenters. The maximum absolute atomic E-state index is 8.25. The van der Waals surface area contributed by atoms with E-state index in [-0.39, 0.29) is 47.7 Å². The average molecular weight is 373 g/mol. The van der Waals surface area contributed by atoms with Crippen molar-refractivity contribution in [2.75, 3.05) is 0 Å². The van der Waals surface area contributed by atoms with Crippen molar-refractivity contribution < 1.29 is 37.2 Å². The van der Waals surface area contributed by atoms with Crippen molar-refractivity contribution in [2.45, 2.75) is 0 Å². The van der Waals surface area contributed by atoms with Crippen LogP contribution < -0.4 is 0 Å². The van der Waals surface area contributed by atoms with Crippen molar-refractivity contribution in [2.24, 2.45) is 0 Å². The maximum Gasteiger partial charge on any atom is 3.00 e. The van der Waals surface area contributed by atoms with Gasteiger partial charge in [-0.2, -0.15) is 0 Å². The zero-order chi connectivity index (χ0) is 10.7. The summed E-state index contributed by atoms with van der Waals surface area (Å²) in [4.78, 5) is 24.8. The van der Waals surface area contributed by atoms with Crippen LogP contribution in [0.5, 0.6) is 0 Å². The summed E-state index contributed by atoms with van der Waals surface area (Å²) in [5.41, 5.74) is 0. The van der Waals surface area contributed by atoms with Gasteiger partial charge >= 0.3 is 25.8 Å². The monoisotopic (exact) mass is 373 g/mol. The second-order valence-electron chi connectivity index (χ2n) is 0.671. The molecule has 0 aliphatic heterocycles. The van der Waals surface area contributed by atoms with E-state index in [9.17, 15) is 0 Å². The van der Waals surface area contributed by atoms with Crippen LogP contribution in [0.25, 0.3) is 0 Å². The molecule has 0 rings (SSSR count). The van der Waals surface area contributed by atoms with Gasteiger partial charge in [0.05, 0.1) is 15.3 Å². The fourth-order valence-electron chi connectivity index (χ4n) is 0. The van der Waals surface area contributed by atoms with E-state index < -0.39 is 15.3 Å². The number of hydrogen-bond acceptors (Lipinski definition) is 9. The molecule has 0 aromatic heterocycles. The zero-order valence-electron chi connectivity index (χ0n) is 7.59. The minimum absolute atomic E-state index is 0. The summed E-state index contributed by atoms with van der Waals surface area (Å²) in [5, 5.41) is 44.2. The van der Waals surface area contributed by atoms with Crippen LogP contribution in [0, 0.1) is 46.0 Å². The van der Waals surface area contributed by atoms with Crippen LogP contribution in [0.4, 0.5) is 0 Å². The quantitative estimate of drug-likeness (QED) is 0.291. The molecule has 17 heavy (non-hydrogen) atoms. The van der Waals surface area contributed by atoms with Crippen LogP contribution in [0.2, 0.25) is 0 Å². The van der Waals surface area contributed by atoms with Crippen LogP contribution in [0.15, 0.2) is 0 Å². The Hall–Kier alpha value is -1.69. The van der Waals surface area contributed by atoms with Crippen LogP contribution >= 0.6 is 0 Å². The molecule has 0 aliphatic carbocycles. The van der Waals surface area contributed by atoms with E-state index in [4.69, 9.17) is 46.0 Å². The van der Waals surface area contributed by atoms with Gasteiger partial charge in [0.1, 0.15) is 0 Å². The smallest absolute Gasteiger partial charge is 0.412 e. The molecule has 0 saturated heterocycles. The van der Waals surface area contributed by atoms with Crippen molar-refractivity contribution in [1.82, 2.24) is 0 Å². The first-order valence-corrected chi connectivity index (χ1v) is 1.64. The predicted molar refractivity (Wildman–Crippen MR) is 51.3 cm³/mol. The second kappa shape index (κ2) is 47.4. The Morgan fingerprint density at radius 1 is 0.471 bits per heavy atom. The Morgan fingerprint density at radius 3 is 0.471 bits per heavy atom. The molecule has 0 heterocycles. The largest absolute Gasteiger partial charge is 3.00 e. The minimum Gasteiger partial charge on any atom is -0.412 e. The van der Waals surface area contributed by atoms with Gasteiger partial charge in [-0.25, -0.2) is 0 Å². The molecule has 16 nitrogen and oxygen atoms in total. The molecule has 0 spiro atoms. The Bertz CT molecular complexity index is 114. The third-order valence-corrected chi connectivity index (χ3v) is 0. The summed E-state index contributed by atoms with van der Waals surface area (Å²) in [7, 11) is 0. The molecule has 0 saturated carbocycles. The summed E-state index contributed by atoms with van der Waals surface area (Å²) in [5.74, 6) is 0. The van der Waals surface area contributed by atoms with Crippen molar-refractivity contribution in [3.8, 4) is 0 Å². The summed E-state index contributed by atoms with van der Waals surface area (Å²) < 4.78 is 0. The predicted octanol–water partition coefficient (Wildman–Crippen LogP) is -4.40. The normalized spacial score (nSPS) is 4.24. The SMILES string of the molecule is O.O.O.O.O=[N+]([O-])[O-].O=[N+]([O-])[O-].O=[N+]([O-])[O-].[In+3]. The maximum atomic E-state index is 8.25. The first-order chi connectivity index (χ1) is 5.20. The van der Waals surface area contributed by atoms with Crippen LogP contribution in [-0.4, -0.2) is 63.0 Å². The van der Waals surface area contributed by atoms with E-state index in [1.807, 2.05) is 0 Å². The van der Waals surface area contributed by atoms with Crippen LogP contribution in [0.1, 0.15) is 0 Å². The summed E-state index contributed by atoms with van der Waals surface area (Å²) in [6.45, 7) is 0. The first-order valence-electron chi connectivity index (χ1n) is 1.64. The minimum atomic E-state index is -1.75. The van der Waals surface area contributed by atoms with Gasteiger partial charge < -0.3 is 67.9 Å². The molecule has 0 aliphatic rings. The van der Waals surface area contributed by atoms with Gasteiger partial charge in [-0.15, -0.1) is 0 Å². The third-order valence-electron chi connectivity index (χ3n) is 0. The zero-order valence-corrected chi connectivity index (χ0v) is 10.9. The molecule has 17 heteroatoms. The molecule has 0 unspecified atom stereocenters. The van der Waals surface area contributed by atoms with Crippen molar-refractivity contribution in [3.63, 3.8) is 0 Å². The average Bonchev–Trinajstić information content (AvgIpc) is 1.54. The van der Waals surface area contributed by atoms with E-state index in [0.717, 1.165) is 0 Å². The topological polar surface area (TPSA) is 325 Å². The van der Waals surface area contributed by atoms with Crippen LogP contribution in [-0.2, 0) is 0 Å². The molecule has 0 bridgehead atoms.